The summed E-state index contributed by atoms with van der Waals surface area (Å²) in [5, 5.41) is 22.1. The molecule has 0 saturated carbocycles. The summed E-state index contributed by atoms with van der Waals surface area (Å²) in [5.74, 6) is -0.981. The maximum Gasteiger partial charge on any atom is 0.271 e. The van der Waals surface area contributed by atoms with Gasteiger partial charge in [-0.25, -0.2) is 0 Å². The second-order valence-electron chi connectivity index (χ2n) is 9.39. The lowest BCUT2D eigenvalue weighted by atomic mass is 9.97. The van der Waals surface area contributed by atoms with E-state index in [0.29, 0.717) is 6.42 Å². The molecular weight excluding hydrogens is 474 g/mol. The Hall–Kier alpha value is -3.36. The van der Waals surface area contributed by atoms with Crippen LogP contribution in [0.25, 0.3) is 5.57 Å². The highest BCUT2D eigenvalue weighted by molar-refractivity contribution is 8.00. The SMILES string of the molecule is O=C([O-])CCCCCN1C=C/C(=C/C=C2/CCC[NH+]3c4ccc([N+](=O)[O-])cc4SC23)c2ccccc21. The van der Waals surface area contributed by atoms with Gasteiger partial charge in [-0.2, -0.15) is 0 Å². The number of para-hydroxylation sites is 1. The van der Waals surface area contributed by atoms with Gasteiger partial charge in [-0.05, 0) is 49.0 Å². The molecular formula is C28H29N3O4S. The van der Waals surface area contributed by atoms with Crippen LogP contribution in [0.4, 0.5) is 17.1 Å². The molecule has 2 aromatic carbocycles. The number of carboxylic acid groups (broad SMARTS) is 1. The largest absolute Gasteiger partial charge is 0.550 e. The van der Waals surface area contributed by atoms with E-state index >= 15 is 0 Å². The van der Waals surface area contributed by atoms with Gasteiger partial charge >= 0.3 is 0 Å². The lowest BCUT2D eigenvalue weighted by molar-refractivity contribution is -0.840. The topological polar surface area (TPSA) is 90.9 Å². The summed E-state index contributed by atoms with van der Waals surface area (Å²) < 4.78 is 0. The minimum absolute atomic E-state index is 0.119. The highest BCUT2D eigenvalue weighted by atomic mass is 32.2. The van der Waals surface area contributed by atoms with Crippen molar-refractivity contribution in [1.82, 2.24) is 0 Å². The number of hydrogen-bond donors (Lipinski definition) is 1. The number of nitrogens with zero attached hydrogens (tertiary/aromatic N) is 2. The zero-order valence-corrected chi connectivity index (χ0v) is 20.8. The van der Waals surface area contributed by atoms with Gasteiger partial charge < -0.3 is 14.8 Å². The van der Waals surface area contributed by atoms with Gasteiger partial charge in [-0.1, -0.05) is 48.5 Å². The molecule has 1 saturated heterocycles. The van der Waals surface area contributed by atoms with Crippen LogP contribution in [0.2, 0.25) is 0 Å². The summed E-state index contributed by atoms with van der Waals surface area (Å²) in [7, 11) is 0. The molecule has 0 radical (unpaired) electrons. The Bertz CT molecular complexity index is 1270. The minimum atomic E-state index is -0.981. The molecule has 7 nitrogen and oxygen atoms in total. The summed E-state index contributed by atoms with van der Waals surface area (Å²) in [6, 6.07) is 13.6. The molecule has 1 N–H and O–H groups in total. The van der Waals surface area contributed by atoms with Crippen molar-refractivity contribution in [3.8, 4) is 0 Å². The smallest absolute Gasteiger partial charge is 0.271 e. The van der Waals surface area contributed by atoms with Gasteiger partial charge in [0.1, 0.15) is 5.69 Å². The summed E-state index contributed by atoms with van der Waals surface area (Å²) in [6.45, 7) is 1.88. The number of anilines is 1. The fraction of sp³-hybridized carbons (Fsp3) is 0.321. The van der Waals surface area contributed by atoms with E-state index < -0.39 is 5.97 Å². The van der Waals surface area contributed by atoms with E-state index in [9.17, 15) is 20.0 Å². The number of allylic oxidation sites excluding steroid dienone is 4. The number of unbranched alkanes of at least 4 members (excludes halogenated alkanes) is 2. The van der Waals surface area contributed by atoms with Crippen molar-refractivity contribution in [1.29, 1.82) is 0 Å². The number of thioether (sulfide) groups is 1. The van der Waals surface area contributed by atoms with Gasteiger partial charge in [-0.3, -0.25) is 15.0 Å². The lowest BCUT2D eigenvalue weighted by Gasteiger charge is -2.29. The van der Waals surface area contributed by atoms with Crippen molar-refractivity contribution >= 4 is 40.4 Å². The molecule has 3 aliphatic heterocycles. The quantitative estimate of drug-likeness (QED) is 0.333. The third-order valence-electron chi connectivity index (χ3n) is 7.05. The van der Waals surface area contributed by atoms with Crippen LogP contribution in [0.3, 0.4) is 0 Å². The third kappa shape index (κ3) is 5.10. The van der Waals surface area contributed by atoms with Gasteiger partial charge in [0.15, 0.2) is 5.37 Å². The van der Waals surface area contributed by atoms with Crippen molar-refractivity contribution in [3.63, 3.8) is 0 Å². The summed E-state index contributed by atoms with van der Waals surface area (Å²) in [5.41, 5.74) is 6.20. The number of non-ortho nitro benzene ring substituents is 1. The number of quaternary nitrogens is 1. The van der Waals surface area contributed by atoms with Crippen LogP contribution in [0, 0.1) is 10.1 Å². The Morgan fingerprint density at radius 3 is 2.86 bits per heavy atom. The molecule has 2 unspecified atom stereocenters. The predicted octanol–water partition coefficient (Wildman–Crippen LogP) is 3.99. The number of aliphatic carboxylic acids is 1. The van der Waals surface area contributed by atoms with Crippen molar-refractivity contribution < 1.29 is 19.7 Å². The van der Waals surface area contributed by atoms with E-state index in [4.69, 9.17) is 0 Å². The number of rotatable bonds is 8. The fourth-order valence-corrected chi connectivity index (χ4v) is 6.75. The fourth-order valence-electron chi connectivity index (χ4n) is 5.25. The number of piperidine rings is 1. The van der Waals surface area contributed by atoms with Crippen LogP contribution in [0.1, 0.15) is 44.1 Å². The summed E-state index contributed by atoms with van der Waals surface area (Å²) in [6.07, 6.45) is 13.4. The van der Waals surface area contributed by atoms with Crippen molar-refractivity contribution in [3.05, 3.63) is 88.1 Å². The number of fused-ring (bicyclic) bond motifs is 4. The van der Waals surface area contributed by atoms with Crippen LogP contribution < -0.4 is 14.9 Å². The van der Waals surface area contributed by atoms with Crippen LogP contribution in [-0.2, 0) is 4.79 Å². The van der Waals surface area contributed by atoms with Gasteiger partial charge in [0.05, 0.1) is 16.4 Å². The number of hydrogen-bond acceptors (Lipinski definition) is 6. The molecule has 3 heterocycles. The Kier molecular flexibility index (Phi) is 7.25. The van der Waals surface area contributed by atoms with E-state index in [1.807, 2.05) is 12.1 Å². The monoisotopic (exact) mass is 503 g/mol. The minimum Gasteiger partial charge on any atom is -0.550 e. The second kappa shape index (κ2) is 10.7. The molecule has 0 spiro atoms. The highest BCUT2D eigenvalue weighted by Gasteiger charge is 2.40. The molecule has 2 aromatic rings. The van der Waals surface area contributed by atoms with Crippen molar-refractivity contribution in [2.75, 3.05) is 18.0 Å². The van der Waals surface area contributed by atoms with Gasteiger partial charge in [0.2, 0.25) is 0 Å². The molecule has 0 aliphatic carbocycles. The zero-order valence-electron chi connectivity index (χ0n) is 20.0. The number of carboxylic acids is 1. The molecule has 36 heavy (non-hydrogen) atoms. The molecule has 186 valence electrons. The lowest BCUT2D eigenvalue weighted by Crippen LogP contribution is -3.10. The van der Waals surface area contributed by atoms with Crippen molar-refractivity contribution in [2.24, 2.45) is 0 Å². The average Bonchev–Trinajstić information content (AvgIpc) is 3.26. The summed E-state index contributed by atoms with van der Waals surface area (Å²) in [4.78, 5) is 26.2. The van der Waals surface area contributed by atoms with E-state index in [1.165, 1.54) is 21.7 Å². The molecule has 3 aliphatic rings. The molecule has 5 rings (SSSR count). The number of nitro benzene ring substituents is 1. The van der Waals surface area contributed by atoms with E-state index in [2.05, 4.69) is 47.5 Å². The number of nitro groups is 1. The highest BCUT2D eigenvalue weighted by Crippen LogP contribution is 2.41. The maximum atomic E-state index is 11.2. The van der Waals surface area contributed by atoms with Crippen LogP contribution in [0.15, 0.2) is 77.4 Å². The number of benzene rings is 2. The van der Waals surface area contributed by atoms with Crippen LogP contribution in [-0.4, -0.2) is 29.4 Å². The van der Waals surface area contributed by atoms with Gasteiger partial charge in [0, 0.05) is 54.6 Å². The van der Waals surface area contributed by atoms with Crippen LogP contribution in [0.5, 0.6) is 0 Å². The Labute approximate surface area is 214 Å². The maximum absolute atomic E-state index is 11.2. The normalized spacial score (nSPS) is 22.4. The molecule has 0 bridgehead atoms. The average molecular weight is 504 g/mol. The number of nitrogens with one attached hydrogen (secondary N) is 1. The zero-order chi connectivity index (χ0) is 25.1. The first-order valence-corrected chi connectivity index (χ1v) is 13.4. The standard InChI is InChI=1S/C28H29N3O4S/c32-27(33)10-2-1-5-16-29-18-15-20(23-8-3-4-9-24(23)29)11-12-21-7-6-17-30-25-14-13-22(31(34)35)19-26(25)36-28(21)30/h3-4,8-9,11-15,18-19,28H,1-2,5-7,10,16-17H2,(H,32,33)/b20-11-,21-12-. The van der Waals surface area contributed by atoms with E-state index in [-0.39, 0.29) is 22.4 Å². The second-order valence-corrected chi connectivity index (χ2v) is 10.5. The summed E-state index contributed by atoms with van der Waals surface area (Å²) >= 11 is 1.74. The Morgan fingerprint density at radius 2 is 2.03 bits per heavy atom. The van der Waals surface area contributed by atoms with Gasteiger partial charge in [0.25, 0.3) is 5.69 Å². The first-order valence-electron chi connectivity index (χ1n) is 12.5. The predicted molar refractivity (Wildman–Crippen MR) is 140 cm³/mol. The first-order chi connectivity index (χ1) is 17.5. The molecule has 0 aromatic heterocycles. The Balaban J connectivity index is 1.32. The van der Waals surface area contributed by atoms with Crippen LogP contribution >= 0.6 is 11.8 Å². The third-order valence-corrected chi connectivity index (χ3v) is 8.46. The Morgan fingerprint density at radius 1 is 1.17 bits per heavy atom. The first kappa shape index (κ1) is 24.3. The van der Waals surface area contributed by atoms with Crippen molar-refractivity contribution in [2.45, 2.75) is 48.8 Å². The molecule has 8 heteroatoms. The molecule has 2 atom stereocenters. The number of carbonyl (C=O) groups is 1. The molecule has 1 fully saturated rings. The van der Waals surface area contributed by atoms with Gasteiger partial charge in [-0.15, -0.1) is 0 Å². The number of carbonyl (C=O) groups excluding carboxylic acids is 1. The van der Waals surface area contributed by atoms with E-state index in [0.717, 1.165) is 54.9 Å². The van der Waals surface area contributed by atoms with E-state index in [1.54, 1.807) is 23.9 Å². The molecule has 0 amide bonds.